The van der Waals surface area contributed by atoms with Gasteiger partial charge in [-0.25, -0.2) is 0 Å². The van der Waals surface area contributed by atoms with E-state index in [-0.39, 0.29) is 31.3 Å². The number of benzene rings is 1. The first-order valence-corrected chi connectivity index (χ1v) is 9.05. The van der Waals surface area contributed by atoms with Crippen molar-refractivity contribution in [2.24, 2.45) is 5.92 Å². The monoisotopic (exact) mass is 392 g/mol. The number of alkyl halides is 3. The van der Waals surface area contributed by atoms with E-state index in [4.69, 9.17) is 8.94 Å². The summed E-state index contributed by atoms with van der Waals surface area (Å²) in [5, 5.41) is 12.2. The maximum Gasteiger partial charge on any atom is 0.393 e. The lowest BCUT2D eigenvalue weighted by Crippen LogP contribution is -2.41. The van der Waals surface area contributed by atoms with Crippen LogP contribution in [0.4, 0.5) is 13.2 Å². The lowest BCUT2D eigenvalue weighted by molar-refractivity contribution is -0.187. The van der Waals surface area contributed by atoms with Crippen molar-refractivity contribution >= 4 is 0 Å². The second-order valence-corrected chi connectivity index (χ2v) is 6.95. The fourth-order valence-electron chi connectivity index (χ4n) is 3.49. The largest absolute Gasteiger partial charge is 0.419 e. The van der Waals surface area contributed by atoms with E-state index in [0.717, 1.165) is 5.56 Å². The van der Waals surface area contributed by atoms with Crippen molar-refractivity contribution in [2.75, 3.05) is 13.1 Å². The molecule has 0 spiro atoms. The Morgan fingerprint density at radius 1 is 1.18 bits per heavy atom. The first-order chi connectivity index (χ1) is 13.4. The molecule has 0 saturated carbocycles. The zero-order chi connectivity index (χ0) is 19.7. The SMILES string of the molecule is Cc1onc(-c2ccccc2)c1-c1nnc(CN2CCCC(C(F)(F)F)C2)o1. The average molecular weight is 392 g/mol. The molecular formula is C19H19F3N4O2. The first-order valence-electron chi connectivity index (χ1n) is 9.05. The van der Waals surface area contributed by atoms with Gasteiger partial charge in [-0.05, 0) is 26.3 Å². The summed E-state index contributed by atoms with van der Waals surface area (Å²) in [4.78, 5) is 1.71. The van der Waals surface area contributed by atoms with Crippen molar-refractivity contribution in [1.82, 2.24) is 20.3 Å². The quantitative estimate of drug-likeness (QED) is 0.652. The van der Waals surface area contributed by atoms with Crippen molar-refractivity contribution in [3.63, 3.8) is 0 Å². The molecule has 3 heterocycles. The Morgan fingerprint density at radius 3 is 2.71 bits per heavy atom. The highest BCUT2D eigenvalue weighted by Gasteiger charge is 2.41. The molecule has 1 aliphatic heterocycles. The van der Waals surface area contributed by atoms with Gasteiger partial charge in [0.05, 0.1) is 12.5 Å². The van der Waals surface area contributed by atoms with Gasteiger partial charge in [0.1, 0.15) is 17.0 Å². The Kier molecular flexibility index (Phi) is 4.92. The summed E-state index contributed by atoms with van der Waals surface area (Å²) < 4.78 is 50.0. The number of hydrogen-bond acceptors (Lipinski definition) is 6. The molecular weight excluding hydrogens is 373 g/mol. The third kappa shape index (κ3) is 3.80. The number of aryl methyl sites for hydroxylation is 1. The van der Waals surface area contributed by atoms with Gasteiger partial charge in [-0.15, -0.1) is 10.2 Å². The predicted octanol–water partition coefficient (Wildman–Crippen LogP) is 4.47. The zero-order valence-electron chi connectivity index (χ0n) is 15.2. The summed E-state index contributed by atoms with van der Waals surface area (Å²) >= 11 is 0. The molecule has 4 rings (SSSR count). The molecule has 1 atom stereocenters. The molecule has 0 radical (unpaired) electrons. The maximum atomic E-state index is 13.0. The normalized spacial score (nSPS) is 18.5. The van der Waals surface area contributed by atoms with Crippen LogP contribution in [0.3, 0.4) is 0 Å². The Morgan fingerprint density at radius 2 is 1.96 bits per heavy atom. The second kappa shape index (κ2) is 7.38. The lowest BCUT2D eigenvalue weighted by Gasteiger charge is -2.32. The van der Waals surface area contributed by atoms with Crippen molar-refractivity contribution in [3.05, 3.63) is 42.0 Å². The van der Waals surface area contributed by atoms with E-state index < -0.39 is 12.1 Å². The van der Waals surface area contributed by atoms with Crippen molar-refractivity contribution in [2.45, 2.75) is 32.5 Å². The fourth-order valence-corrected chi connectivity index (χ4v) is 3.49. The third-order valence-electron chi connectivity index (χ3n) is 4.92. The van der Waals surface area contributed by atoms with Gasteiger partial charge in [-0.2, -0.15) is 13.2 Å². The summed E-state index contributed by atoms with van der Waals surface area (Å²) in [6, 6.07) is 9.45. The van der Waals surface area contributed by atoms with Crippen LogP contribution in [0.1, 0.15) is 24.5 Å². The molecule has 0 bridgehead atoms. The van der Waals surface area contributed by atoms with Gasteiger partial charge >= 0.3 is 6.18 Å². The highest BCUT2D eigenvalue weighted by atomic mass is 19.4. The summed E-state index contributed by atoms with van der Waals surface area (Å²) in [6.07, 6.45) is -3.52. The van der Waals surface area contributed by atoms with Gasteiger partial charge < -0.3 is 8.94 Å². The smallest absolute Gasteiger partial charge is 0.393 e. The van der Waals surface area contributed by atoms with Crippen LogP contribution in [0.15, 0.2) is 39.3 Å². The van der Waals surface area contributed by atoms with E-state index in [2.05, 4.69) is 15.4 Å². The third-order valence-corrected chi connectivity index (χ3v) is 4.92. The summed E-state index contributed by atoms with van der Waals surface area (Å²) in [7, 11) is 0. The second-order valence-electron chi connectivity index (χ2n) is 6.95. The number of halogens is 3. The van der Waals surface area contributed by atoms with Crippen molar-refractivity contribution in [1.29, 1.82) is 0 Å². The molecule has 0 amide bonds. The van der Waals surface area contributed by atoms with Crippen LogP contribution in [-0.4, -0.2) is 39.5 Å². The maximum absolute atomic E-state index is 13.0. The molecule has 148 valence electrons. The van der Waals surface area contributed by atoms with Gasteiger partial charge in [0.25, 0.3) is 5.89 Å². The molecule has 0 aliphatic carbocycles. The van der Waals surface area contributed by atoms with E-state index in [0.29, 0.717) is 30.0 Å². The van der Waals surface area contributed by atoms with Gasteiger partial charge in [-0.3, -0.25) is 4.90 Å². The van der Waals surface area contributed by atoms with E-state index >= 15 is 0 Å². The van der Waals surface area contributed by atoms with Crippen LogP contribution < -0.4 is 0 Å². The van der Waals surface area contributed by atoms with Gasteiger partial charge in [0.15, 0.2) is 0 Å². The molecule has 1 aromatic carbocycles. The predicted molar refractivity (Wildman–Crippen MR) is 94.0 cm³/mol. The molecule has 6 nitrogen and oxygen atoms in total. The van der Waals surface area contributed by atoms with Crippen LogP contribution in [0.2, 0.25) is 0 Å². The number of aromatic nitrogens is 3. The number of rotatable bonds is 4. The van der Waals surface area contributed by atoms with E-state index in [1.165, 1.54) is 0 Å². The zero-order valence-corrected chi connectivity index (χ0v) is 15.2. The van der Waals surface area contributed by atoms with Crippen LogP contribution in [0.25, 0.3) is 22.7 Å². The molecule has 28 heavy (non-hydrogen) atoms. The first kappa shape index (κ1) is 18.7. The summed E-state index contributed by atoms with van der Waals surface area (Å²) in [5.74, 6) is -0.257. The summed E-state index contributed by atoms with van der Waals surface area (Å²) in [5.41, 5.74) is 2.03. The number of nitrogens with zero attached hydrogens (tertiary/aromatic N) is 4. The van der Waals surface area contributed by atoms with E-state index in [1.54, 1.807) is 11.8 Å². The van der Waals surface area contributed by atoms with E-state index in [1.807, 2.05) is 30.3 Å². The minimum atomic E-state index is -4.18. The van der Waals surface area contributed by atoms with Crippen LogP contribution in [0.5, 0.6) is 0 Å². The minimum Gasteiger partial charge on any atom is -0.419 e. The molecule has 0 N–H and O–H groups in total. The minimum absolute atomic E-state index is 0.0528. The lowest BCUT2D eigenvalue weighted by atomic mass is 9.97. The Balaban J connectivity index is 1.54. The number of piperidine rings is 1. The van der Waals surface area contributed by atoms with Crippen LogP contribution in [0, 0.1) is 12.8 Å². The molecule has 1 unspecified atom stereocenters. The Bertz CT molecular complexity index is 936. The van der Waals surface area contributed by atoms with Gasteiger partial charge in [0.2, 0.25) is 5.89 Å². The Labute approximate surface area is 159 Å². The average Bonchev–Trinajstić information content (AvgIpc) is 3.28. The van der Waals surface area contributed by atoms with Gasteiger partial charge in [-0.1, -0.05) is 35.5 Å². The van der Waals surface area contributed by atoms with Crippen LogP contribution >= 0.6 is 0 Å². The molecule has 2 aromatic heterocycles. The van der Waals surface area contributed by atoms with Crippen molar-refractivity contribution < 1.29 is 22.1 Å². The molecule has 1 fully saturated rings. The topological polar surface area (TPSA) is 68.2 Å². The summed E-state index contributed by atoms with van der Waals surface area (Å²) in [6.45, 7) is 2.45. The Hall–Kier alpha value is -2.68. The molecule has 1 saturated heterocycles. The van der Waals surface area contributed by atoms with Gasteiger partial charge in [0, 0.05) is 12.1 Å². The molecule has 9 heteroatoms. The van der Waals surface area contributed by atoms with E-state index in [9.17, 15) is 13.2 Å². The fraction of sp³-hybridized carbons (Fsp3) is 0.421. The van der Waals surface area contributed by atoms with Crippen LogP contribution in [-0.2, 0) is 6.54 Å². The highest BCUT2D eigenvalue weighted by Crippen LogP contribution is 2.35. The molecule has 3 aromatic rings. The highest BCUT2D eigenvalue weighted by molar-refractivity contribution is 5.77. The molecule has 1 aliphatic rings. The van der Waals surface area contributed by atoms with Crippen molar-refractivity contribution in [3.8, 4) is 22.7 Å². The standard InChI is InChI=1S/C19H19F3N4O2/c1-12-16(17(25-28-12)13-6-3-2-4-7-13)18-24-23-15(27-18)11-26-9-5-8-14(10-26)19(20,21)22/h2-4,6-7,14H,5,8-11H2,1H3. The number of hydrogen-bond donors (Lipinski definition) is 0. The number of likely N-dealkylation sites (tertiary alicyclic amines) is 1.